The van der Waals surface area contributed by atoms with Crippen molar-refractivity contribution in [2.24, 2.45) is 0 Å². The van der Waals surface area contributed by atoms with Crippen LogP contribution in [0.2, 0.25) is 13.7 Å². The van der Waals surface area contributed by atoms with Crippen LogP contribution in [-0.2, 0) is 0 Å². The van der Waals surface area contributed by atoms with Gasteiger partial charge in [-0.25, -0.2) is 0 Å². The average Bonchev–Trinajstić information content (AvgIpc) is 2.60. The molecular weight excluding hydrogens is 433 g/mol. The van der Waals surface area contributed by atoms with E-state index in [0.717, 1.165) is 14.7 Å². The summed E-state index contributed by atoms with van der Waals surface area (Å²) >= 11 is 27.9. The fourth-order valence-corrected chi connectivity index (χ4v) is 4.42. The van der Waals surface area contributed by atoms with E-state index in [4.69, 9.17) is 46.4 Å². The molecule has 0 aliphatic carbocycles. The lowest BCUT2D eigenvalue weighted by Gasteiger charge is -2.11. The summed E-state index contributed by atoms with van der Waals surface area (Å²) in [5, 5.41) is 0.320. The quantitative estimate of drug-likeness (QED) is 0.365. The van der Waals surface area contributed by atoms with E-state index in [2.05, 4.69) is 22.6 Å². The summed E-state index contributed by atoms with van der Waals surface area (Å²) in [4.78, 5) is 0. The van der Waals surface area contributed by atoms with Crippen molar-refractivity contribution in [3.63, 3.8) is 0 Å². The highest BCUT2D eigenvalue weighted by Crippen LogP contribution is 2.42. The van der Waals surface area contributed by atoms with Gasteiger partial charge in [-0.15, -0.1) is 22.9 Å². The van der Waals surface area contributed by atoms with Crippen LogP contribution in [0.15, 0.2) is 24.3 Å². The first-order chi connectivity index (χ1) is 7.99. The Labute approximate surface area is 137 Å². The van der Waals surface area contributed by atoms with Gasteiger partial charge < -0.3 is 0 Å². The minimum atomic E-state index is -0.336. The molecule has 2 aromatic rings. The van der Waals surface area contributed by atoms with Crippen LogP contribution < -0.4 is 0 Å². The molecule has 1 heterocycles. The Bertz CT molecular complexity index is 552. The van der Waals surface area contributed by atoms with E-state index in [0.29, 0.717) is 13.7 Å². The number of hydrogen-bond donors (Lipinski definition) is 0. The first-order valence-corrected chi connectivity index (χ1v) is 7.99. The minimum absolute atomic E-state index is 0.336. The molecule has 1 aromatic carbocycles. The Balaban J connectivity index is 2.46. The van der Waals surface area contributed by atoms with E-state index in [1.54, 1.807) is 6.07 Å². The molecule has 0 radical (unpaired) electrons. The fourth-order valence-electron chi connectivity index (χ4n) is 1.40. The summed E-state index contributed by atoms with van der Waals surface area (Å²) in [6.07, 6.45) is 0. The number of thiophene rings is 1. The second kappa shape index (κ2) is 5.85. The number of halogens is 5. The van der Waals surface area contributed by atoms with Gasteiger partial charge in [-0.3, -0.25) is 0 Å². The van der Waals surface area contributed by atoms with Gasteiger partial charge in [0, 0.05) is 14.2 Å². The Kier molecular flexibility index (Phi) is 4.89. The maximum atomic E-state index is 6.43. The third-order valence-electron chi connectivity index (χ3n) is 2.19. The van der Waals surface area contributed by atoms with E-state index in [9.17, 15) is 0 Å². The zero-order chi connectivity index (χ0) is 12.6. The van der Waals surface area contributed by atoms with E-state index >= 15 is 0 Å². The highest BCUT2D eigenvalue weighted by atomic mass is 127. The molecule has 1 aromatic heterocycles. The summed E-state index contributed by atoms with van der Waals surface area (Å²) in [5.74, 6) is 0. The molecule has 90 valence electrons. The van der Waals surface area contributed by atoms with Crippen molar-refractivity contribution in [2.75, 3.05) is 0 Å². The molecule has 0 nitrogen and oxygen atoms in total. The standard InChI is InChI=1S/C11H5Cl4IS/c12-5-1-2-8(16)6(3-5)10(14)7-4-9(13)17-11(7)15/h1-4,10H. The lowest BCUT2D eigenvalue weighted by molar-refractivity contribution is 1.14. The van der Waals surface area contributed by atoms with E-state index in [1.807, 2.05) is 18.2 Å². The van der Waals surface area contributed by atoms with Gasteiger partial charge in [0.1, 0.15) is 0 Å². The first kappa shape index (κ1) is 14.2. The van der Waals surface area contributed by atoms with Gasteiger partial charge in [0.05, 0.1) is 14.0 Å². The highest BCUT2D eigenvalue weighted by Gasteiger charge is 2.19. The number of alkyl halides is 1. The van der Waals surface area contributed by atoms with Crippen LogP contribution in [0.3, 0.4) is 0 Å². The number of benzene rings is 1. The van der Waals surface area contributed by atoms with Crippen molar-refractivity contribution in [3.05, 3.63) is 52.7 Å². The maximum absolute atomic E-state index is 6.43. The van der Waals surface area contributed by atoms with E-state index in [1.165, 1.54) is 11.3 Å². The molecule has 2 rings (SSSR count). The molecule has 0 saturated carbocycles. The summed E-state index contributed by atoms with van der Waals surface area (Å²) in [7, 11) is 0. The van der Waals surface area contributed by atoms with Crippen molar-refractivity contribution in [1.29, 1.82) is 0 Å². The largest absolute Gasteiger partial charge is 0.112 e. The third kappa shape index (κ3) is 3.23. The molecule has 1 unspecified atom stereocenters. The smallest absolute Gasteiger partial charge is 0.0994 e. The molecular formula is C11H5Cl4IS. The molecule has 17 heavy (non-hydrogen) atoms. The predicted molar refractivity (Wildman–Crippen MR) is 86.2 cm³/mol. The molecule has 0 saturated heterocycles. The molecule has 1 atom stereocenters. The van der Waals surface area contributed by atoms with Crippen LogP contribution in [0.1, 0.15) is 16.5 Å². The second-order valence-electron chi connectivity index (χ2n) is 3.31. The van der Waals surface area contributed by atoms with Crippen molar-refractivity contribution >= 4 is 80.3 Å². The van der Waals surface area contributed by atoms with E-state index in [-0.39, 0.29) is 5.38 Å². The van der Waals surface area contributed by atoms with Crippen molar-refractivity contribution in [2.45, 2.75) is 5.38 Å². The van der Waals surface area contributed by atoms with Crippen LogP contribution in [0.5, 0.6) is 0 Å². The zero-order valence-electron chi connectivity index (χ0n) is 8.18. The summed E-state index contributed by atoms with van der Waals surface area (Å²) in [6, 6.07) is 7.40. The second-order valence-corrected chi connectivity index (χ2v) is 7.63. The topological polar surface area (TPSA) is 0 Å². The van der Waals surface area contributed by atoms with Gasteiger partial charge in [-0.05, 0) is 52.4 Å². The normalized spacial score (nSPS) is 12.8. The van der Waals surface area contributed by atoms with Crippen LogP contribution in [0, 0.1) is 3.57 Å². The molecule has 0 N–H and O–H groups in total. The predicted octanol–water partition coefficient (Wildman–Crippen LogP) is 6.64. The summed E-state index contributed by atoms with van der Waals surface area (Å²) in [5.41, 5.74) is 1.76. The summed E-state index contributed by atoms with van der Waals surface area (Å²) < 4.78 is 2.30. The molecule has 0 aliphatic heterocycles. The van der Waals surface area contributed by atoms with Crippen LogP contribution in [0.4, 0.5) is 0 Å². The number of hydrogen-bond acceptors (Lipinski definition) is 1. The molecule has 0 amide bonds. The highest BCUT2D eigenvalue weighted by molar-refractivity contribution is 14.1. The minimum Gasteiger partial charge on any atom is -0.112 e. The average molecular weight is 438 g/mol. The monoisotopic (exact) mass is 436 g/mol. The Hall–Kier alpha value is 0.810. The first-order valence-electron chi connectivity index (χ1n) is 4.53. The Morgan fingerprint density at radius 1 is 1.06 bits per heavy atom. The van der Waals surface area contributed by atoms with Crippen LogP contribution in [0.25, 0.3) is 0 Å². The molecule has 0 spiro atoms. The zero-order valence-corrected chi connectivity index (χ0v) is 14.2. The Morgan fingerprint density at radius 3 is 2.35 bits per heavy atom. The molecule has 0 fully saturated rings. The third-order valence-corrected chi connectivity index (χ3v) is 5.39. The molecule has 6 heteroatoms. The summed E-state index contributed by atoms with van der Waals surface area (Å²) in [6.45, 7) is 0. The van der Waals surface area contributed by atoms with Gasteiger partial charge in [0.25, 0.3) is 0 Å². The number of rotatable bonds is 2. The van der Waals surface area contributed by atoms with Gasteiger partial charge >= 0.3 is 0 Å². The SMILES string of the molecule is Clc1ccc(I)c(C(Cl)c2cc(Cl)sc2Cl)c1. The Morgan fingerprint density at radius 2 is 1.76 bits per heavy atom. The van der Waals surface area contributed by atoms with Gasteiger partial charge in [-0.1, -0.05) is 34.8 Å². The van der Waals surface area contributed by atoms with Gasteiger partial charge in [0.2, 0.25) is 0 Å². The van der Waals surface area contributed by atoms with Gasteiger partial charge in [-0.2, -0.15) is 0 Å². The van der Waals surface area contributed by atoms with Crippen LogP contribution in [-0.4, -0.2) is 0 Å². The maximum Gasteiger partial charge on any atom is 0.0994 e. The fraction of sp³-hybridized carbons (Fsp3) is 0.0909. The van der Waals surface area contributed by atoms with E-state index < -0.39 is 0 Å². The molecule has 0 aliphatic rings. The van der Waals surface area contributed by atoms with Crippen molar-refractivity contribution in [1.82, 2.24) is 0 Å². The van der Waals surface area contributed by atoms with Gasteiger partial charge in [0.15, 0.2) is 0 Å². The molecule has 0 bridgehead atoms. The van der Waals surface area contributed by atoms with Crippen molar-refractivity contribution in [3.8, 4) is 0 Å². The lowest BCUT2D eigenvalue weighted by atomic mass is 10.1. The van der Waals surface area contributed by atoms with Crippen LogP contribution >= 0.6 is 80.3 Å². The van der Waals surface area contributed by atoms with Crippen molar-refractivity contribution < 1.29 is 0 Å². The lowest BCUT2D eigenvalue weighted by Crippen LogP contribution is -1.95.